The standard InChI is InChI=1S/C21H16ClN3O4S2/c22-18-10-11-20(30-18)31(27,28)25-16-8-6-15(7-9-16)21(26)24-13-19-23-12-17(29-19)14-4-2-1-3-5-14/h1-12,25H,13H2,(H,24,26). The number of nitrogens with zero attached hydrogens (tertiary/aromatic N) is 1. The molecule has 0 bridgehead atoms. The smallest absolute Gasteiger partial charge is 0.271 e. The number of rotatable bonds is 7. The van der Waals surface area contributed by atoms with Crippen LogP contribution in [0.4, 0.5) is 5.69 Å². The fraction of sp³-hybridized carbons (Fsp3) is 0.0476. The van der Waals surface area contributed by atoms with Gasteiger partial charge in [0, 0.05) is 16.8 Å². The van der Waals surface area contributed by atoms with E-state index in [1.165, 1.54) is 36.4 Å². The number of nitrogens with one attached hydrogen (secondary N) is 2. The van der Waals surface area contributed by atoms with E-state index in [4.69, 9.17) is 16.0 Å². The molecule has 31 heavy (non-hydrogen) atoms. The summed E-state index contributed by atoms with van der Waals surface area (Å²) >= 11 is 6.76. The van der Waals surface area contributed by atoms with E-state index in [-0.39, 0.29) is 16.7 Å². The van der Waals surface area contributed by atoms with Crippen molar-refractivity contribution in [1.29, 1.82) is 0 Å². The predicted octanol–water partition coefficient (Wildman–Crippen LogP) is 4.79. The van der Waals surface area contributed by atoms with Crippen LogP contribution in [0.25, 0.3) is 11.3 Å². The Morgan fingerprint density at radius 2 is 1.77 bits per heavy atom. The quantitative estimate of drug-likeness (QED) is 0.402. The van der Waals surface area contributed by atoms with Crippen molar-refractivity contribution < 1.29 is 17.6 Å². The first-order valence-electron chi connectivity index (χ1n) is 9.07. The number of anilines is 1. The highest BCUT2D eigenvalue weighted by Gasteiger charge is 2.17. The molecular formula is C21H16ClN3O4S2. The number of oxazole rings is 1. The van der Waals surface area contributed by atoms with Crippen LogP contribution in [0.1, 0.15) is 16.2 Å². The number of carbonyl (C=O) groups is 1. The number of carbonyl (C=O) groups excluding carboxylic acids is 1. The SMILES string of the molecule is O=C(NCc1ncc(-c2ccccc2)o1)c1ccc(NS(=O)(=O)c2ccc(Cl)s2)cc1. The monoisotopic (exact) mass is 473 g/mol. The Labute approximate surface area is 187 Å². The second-order valence-electron chi connectivity index (χ2n) is 6.41. The fourth-order valence-corrected chi connectivity index (χ4v) is 5.26. The molecule has 0 saturated heterocycles. The first-order valence-corrected chi connectivity index (χ1v) is 11.7. The lowest BCUT2D eigenvalue weighted by Crippen LogP contribution is -2.22. The summed E-state index contributed by atoms with van der Waals surface area (Å²) in [5.41, 5.74) is 1.61. The summed E-state index contributed by atoms with van der Waals surface area (Å²) in [6.45, 7) is 0.124. The molecule has 2 heterocycles. The maximum Gasteiger partial charge on any atom is 0.271 e. The van der Waals surface area contributed by atoms with Crippen molar-refractivity contribution in [3.05, 3.63) is 88.7 Å². The van der Waals surface area contributed by atoms with Gasteiger partial charge in [-0.1, -0.05) is 41.9 Å². The van der Waals surface area contributed by atoms with E-state index in [1.807, 2.05) is 30.3 Å². The van der Waals surface area contributed by atoms with Gasteiger partial charge in [-0.3, -0.25) is 9.52 Å². The van der Waals surface area contributed by atoms with E-state index in [2.05, 4.69) is 15.0 Å². The van der Waals surface area contributed by atoms with E-state index in [0.29, 0.717) is 27.2 Å². The normalized spacial score (nSPS) is 11.3. The number of hydrogen-bond acceptors (Lipinski definition) is 6. The van der Waals surface area contributed by atoms with Gasteiger partial charge in [0.25, 0.3) is 15.9 Å². The Bertz CT molecular complexity index is 1300. The van der Waals surface area contributed by atoms with Crippen LogP contribution in [0.3, 0.4) is 0 Å². The van der Waals surface area contributed by atoms with Crippen molar-refractivity contribution in [2.45, 2.75) is 10.8 Å². The number of hydrogen-bond donors (Lipinski definition) is 2. The van der Waals surface area contributed by atoms with Crippen LogP contribution in [0.2, 0.25) is 4.34 Å². The Hall–Kier alpha value is -3.14. The number of aromatic nitrogens is 1. The molecule has 2 aromatic carbocycles. The minimum Gasteiger partial charge on any atom is -0.439 e. The van der Waals surface area contributed by atoms with E-state index in [1.54, 1.807) is 6.20 Å². The Kier molecular flexibility index (Phi) is 6.08. The summed E-state index contributed by atoms with van der Waals surface area (Å²) in [6.07, 6.45) is 1.61. The molecule has 2 aromatic heterocycles. The fourth-order valence-electron chi connectivity index (χ4n) is 2.72. The van der Waals surface area contributed by atoms with Crippen LogP contribution >= 0.6 is 22.9 Å². The van der Waals surface area contributed by atoms with E-state index < -0.39 is 10.0 Å². The number of halogens is 1. The lowest BCUT2D eigenvalue weighted by molar-refractivity contribution is 0.0947. The lowest BCUT2D eigenvalue weighted by atomic mass is 10.2. The molecule has 0 saturated carbocycles. The Morgan fingerprint density at radius 1 is 1.03 bits per heavy atom. The first kappa shape index (κ1) is 21.1. The van der Waals surface area contributed by atoms with E-state index in [9.17, 15) is 13.2 Å². The molecule has 4 aromatic rings. The largest absolute Gasteiger partial charge is 0.439 e. The highest BCUT2D eigenvalue weighted by atomic mass is 35.5. The molecule has 0 unspecified atom stereocenters. The van der Waals surface area contributed by atoms with Gasteiger partial charge in [0.1, 0.15) is 4.21 Å². The molecule has 0 radical (unpaired) electrons. The zero-order chi connectivity index (χ0) is 21.8. The number of benzene rings is 2. The van der Waals surface area contributed by atoms with Gasteiger partial charge in [-0.05, 0) is 36.4 Å². The van der Waals surface area contributed by atoms with Crippen LogP contribution in [0.5, 0.6) is 0 Å². The van der Waals surface area contributed by atoms with Crippen molar-refractivity contribution in [3.63, 3.8) is 0 Å². The maximum atomic E-state index is 12.4. The average Bonchev–Trinajstić information content (AvgIpc) is 3.42. The van der Waals surface area contributed by atoms with Gasteiger partial charge in [-0.2, -0.15) is 0 Å². The number of amides is 1. The molecule has 2 N–H and O–H groups in total. The minimum absolute atomic E-state index is 0.111. The summed E-state index contributed by atoms with van der Waals surface area (Å²) in [6, 6.07) is 18.6. The zero-order valence-electron chi connectivity index (χ0n) is 15.9. The molecule has 0 spiro atoms. The third-order valence-corrected chi connectivity index (χ3v) is 7.33. The molecule has 1 amide bonds. The summed E-state index contributed by atoms with van der Waals surface area (Å²) in [5.74, 6) is 0.665. The van der Waals surface area contributed by atoms with Gasteiger partial charge in [0.2, 0.25) is 5.89 Å². The van der Waals surface area contributed by atoms with E-state index >= 15 is 0 Å². The molecule has 7 nitrogen and oxygen atoms in total. The second kappa shape index (κ2) is 8.93. The molecule has 0 aliphatic heterocycles. The van der Waals surface area contributed by atoms with E-state index in [0.717, 1.165) is 16.9 Å². The van der Waals surface area contributed by atoms with Gasteiger partial charge in [-0.25, -0.2) is 13.4 Å². The van der Waals surface area contributed by atoms with Gasteiger partial charge in [0.15, 0.2) is 5.76 Å². The molecular weight excluding hydrogens is 458 g/mol. The third-order valence-electron chi connectivity index (χ3n) is 4.22. The van der Waals surface area contributed by atoms with Crippen molar-refractivity contribution in [1.82, 2.24) is 10.3 Å². The molecule has 158 valence electrons. The van der Waals surface area contributed by atoms with Crippen LogP contribution in [-0.2, 0) is 16.6 Å². The molecule has 10 heteroatoms. The second-order valence-corrected chi connectivity index (χ2v) is 10.0. The summed E-state index contributed by atoms with van der Waals surface area (Å²) in [5, 5.41) is 2.73. The molecule has 0 atom stereocenters. The van der Waals surface area contributed by atoms with Gasteiger partial charge >= 0.3 is 0 Å². The summed E-state index contributed by atoms with van der Waals surface area (Å²) < 4.78 is 33.3. The Balaban J connectivity index is 1.36. The average molecular weight is 474 g/mol. The van der Waals surface area contributed by atoms with Crippen molar-refractivity contribution in [2.24, 2.45) is 0 Å². The van der Waals surface area contributed by atoms with Crippen molar-refractivity contribution in [2.75, 3.05) is 4.72 Å². The van der Waals surface area contributed by atoms with Crippen LogP contribution in [0, 0.1) is 0 Å². The van der Waals surface area contributed by atoms with Gasteiger partial charge < -0.3 is 9.73 Å². The lowest BCUT2D eigenvalue weighted by Gasteiger charge is -2.07. The molecule has 0 fully saturated rings. The topological polar surface area (TPSA) is 101 Å². The highest BCUT2D eigenvalue weighted by Crippen LogP contribution is 2.27. The highest BCUT2D eigenvalue weighted by molar-refractivity contribution is 7.94. The molecule has 0 aliphatic carbocycles. The van der Waals surface area contributed by atoms with Crippen molar-refractivity contribution in [3.8, 4) is 11.3 Å². The molecule has 0 aliphatic rings. The third kappa shape index (κ3) is 5.13. The van der Waals surface area contributed by atoms with Crippen molar-refractivity contribution >= 4 is 44.6 Å². The Morgan fingerprint density at radius 3 is 2.45 bits per heavy atom. The minimum atomic E-state index is -3.73. The van der Waals surface area contributed by atoms with Crippen LogP contribution in [-0.4, -0.2) is 19.3 Å². The number of sulfonamides is 1. The maximum absolute atomic E-state index is 12.4. The predicted molar refractivity (Wildman–Crippen MR) is 120 cm³/mol. The van der Waals surface area contributed by atoms with Crippen LogP contribution < -0.4 is 10.0 Å². The van der Waals surface area contributed by atoms with Crippen LogP contribution in [0.15, 0.2) is 81.6 Å². The molecule has 4 rings (SSSR count). The first-order chi connectivity index (χ1) is 14.9. The summed E-state index contributed by atoms with van der Waals surface area (Å²) in [4.78, 5) is 16.6. The number of thiophene rings is 1. The summed E-state index contributed by atoms with van der Waals surface area (Å²) in [7, 11) is -3.73. The van der Waals surface area contributed by atoms with Gasteiger partial charge in [-0.15, -0.1) is 11.3 Å². The van der Waals surface area contributed by atoms with Gasteiger partial charge in [0.05, 0.1) is 17.1 Å². The zero-order valence-corrected chi connectivity index (χ0v) is 18.3.